The zero-order valence-corrected chi connectivity index (χ0v) is 21.2. The highest BCUT2D eigenvalue weighted by Gasteiger charge is 2.50. The van der Waals surface area contributed by atoms with Crippen LogP contribution in [0.1, 0.15) is 30.0 Å². The Bertz CT molecular complexity index is 1410. The maximum Gasteiger partial charge on any atom is 0.252 e. The first-order valence-electron chi connectivity index (χ1n) is 12.3. The Balaban J connectivity index is 1.66. The molecule has 0 bridgehead atoms. The predicted octanol–water partition coefficient (Wildman–Crippen LogP) is 5.13. The zero-order chi connectivity index (χ0) is 27.8. The minimum Gasteiger partial charge on any atom is -0.494 e. The first kappa shape index (κ1) is 27.6. The molecular formula is C28H27F2N5O4. The van der Waals surface area contributed by atoms with Gasteiger partial charge in [0.15, 0.2) is 5.54 Å². The highest BCUT2D eigenvalue weighted by Crippen LogP contribution is 2.35. The number of nitrogens with one attached hydrogen (secondary N) is 1. The summed E-state index contributed by atoms with van der Waals surface area (Å²) in [5, 5.41) is 15.4. The van der Waals surface area contributed by atoms with Gasteiger partial charge in [0.1, 0.15) is 23.5 Å². The first-order valence-corrected chi connectivity index (χ1v) is 12.3. The summed E-state index contributed by atoms with van der Waals surface area (Å²) in [5.41, 5.74) is 9.17. The van der Waals surface area contributed by atoms with Gasteiger partial charge >= 0.3 is 0 Å². The molecule has 1 amide bonds. The molecule has 2 atom stereocenters. The van der Waals surface area contributed by atoms with E-state index in [0.717, 1.165) is 12.1 Å². The van der Waals surface area contributed by atoms with E-state index in [4.69, 9.17) is 25.1 Å². The summed E-state index contributed by atoms with van der Waals surface area (Å²) in [7, 11) is 0. The Kier molecular flexibility index (Phi) is 8.75. The molecule has 0 saturated carbocycles. The van der Waals surface area contributed by atoms with Gasteiger partial charge in [0.25, 0.3) is 5.91 Å². The average Bonchev–Trinajstić information content (AvgIpc) is 3.26. The van der Waals surface area contributed by atoms with Crippen LogP contribution >= 0.6 is 0 Å². The lowest BCUT2D eigenvalue weighted by Crippen LogP contribution is -2.52. The molecule has 0 saturated heterocycles. The molecule has 3 aromatic carbocycles. The summed E-state index contributed by atoms with van der Waals surface area (Å²) >= 11 is 0. The van der Waals surface area contributed by atoms with Gasteiger partial charge in [-0.15, -0.1) is 0 Å². The van der Waals surface area contributed by atoms with Gasteiger partial charge in [-0.3, -0.25) is 4.79 Å². The quantitative estimate of drug-likeness (QED) is 0.153. The van der Waals surface area contributed by atoms with Gasteiger partial charge in [0.05, 0.1) is 6.61 Å². The lowest BCUT2D eigenvalue weighted by atomic mass is 9.85. The van der Waals surface area contributed by atoms with E-state index in [-0.39, 0.29) is 31.0 Å². The number of ether oxygens (including phenoxy) is 2. The number of hydrogen-bond donors (Lipinski definition) is 2. The fraction of sp³-hybridized carbons (Fsp3) is 0.286. The smallest absolute Gasteiger partial charge is 0.252 e. The van der Waals surface area contributed by atoms with Crippen LogP contribution in [0, 0.1) is 11.6 Å². The molecule has 0 aromatic heterocycles. The standard InChI is InChI=1S/C28H27F2N5O4/c1-18-28(16-20-5-2-3-6-25(20)34-35-31,27(37)32-17-21-7-10-22(29)15-24(21)30)33-26(39-18)19-8-11-23(12-9-19)38-14-4-13-36/h2-3,5-12,15,18,36H,4,13-14,16-17H2,1H3,(H,32,37)/t18-,28-/m1/s1. The molecule has 4 rings (SSSR count). The Morgan fingerprint density at radius 2 is 1.95 bits per heavy atom. The number of aliphatic hydroxyl groups excluding tert-OH is 1. The number of hydrogen-bond acceptors (Lipinski definition) is 6. The van der Waals surface area contributed by atoms with Crippen LogP contribution in [0.25, 0.3) is 10.4 Å². The van der Waals surface area contributed by atoms with E-state index in [1.54, 1.807) is 55.5 Å². The first-order chi connectivity index (χ1) is 18.9. The number of halogens is 2. The molecule has 9 nitrogen and oxygen atoms in total. The molecule has 202 valence electrons. The van der Waals surface area contributed by atoms with Crippen molar-refractivity contribution in [1.29, 1.82) is 0 Å². The van der Waals surface area contributed by atoms with E-state index < -0.39 is 29.2 Å². The summed E-state index contributed by atoms with van der Waals surface area (Å²) in [6.07, 6.45) is -0.205. The van der Waals surface area contributed by atoms with Crippen LogP contribution in [-0.4, -0.2) is 41.8 Å². The van der Waals surface area contributed by atoms with Gasteiger partial charge in [0.2, 0.25) is 5.90 Å². The van der Waals surface area contributed by atoms with E-state index >= 15 is 0 Å². The van der Waals surface area contributed by atoms with Gasteiger partial charge < -0.3 is 19.9 Å². The van der Waals surface area contributed by atoms with Crippen molar-refractivity contribution in [3.05, 3.63) is 105 Å². The third-order valence-corrected chi connectivity index (χ3v) is 6.39. The van der Waals surface area contributed by atoms with Crippen LogP contribution in [-0.2, 0) is 22.5 Å². The van der Waals surface area contributed by atoms with E-state index in [1.165, 1.54) is 6.07 Å². The molecule has 1 aliphatic rings. The number of carbonyl (C=O) groups is 1. The lowest BCUT2D eigenvalue weighted by Gasteiger charge is -2.28. The van der Waals surface area contributed by atoms with E-state index in [0.29, 0.717) is 35.6 Å². The van der Waals surface area contributed by atoms with Crippen molar-refractivity contribution in [3.63, 3.8) is 0 Å². The van der Waals surface area contributed by atoms with E-state index in [9.17, 15) is 13.6 Å². The fourth-order valence-corrected chi connectivity index (χ4v) is 4.23. The third kappa shape index (κ3) is 6.34. The summed E-state index contributed by atoms with van der Waals surface area (Å²) in [6.45, 7) is 1.91. The van der Waals surface area contributed by atoms with Gasteiger partial charge in [-0.25, -0.2) is 13.8 Å². The molecule has 2 N–H and O–H groups in total. The van der Waals surface area contributed by atoms with Crippen molar-refractivity contribution in [2.24, 2.45) is 10.1 Å². The van der Waals surface area contributed by atoms with Crippen molar-refractivity contribution in [1.82, 2.24) is 5.32 Å². The Morgan fingerprint density at radius 1 is 1.18 bits per heavy atom. The number of benzene rings is 3. The number of carbonyl (C=O) groups excluding carboxylic acids is 1. The topological polar surface area (TPSA) is 129 Å². The molecule has 0 aliphatic carbocycles. The number of azide groups is 1. The third-order valence-electron chi connectivity index (χ3n) is 6.39. The maximum atomic E-state index is 14.2. The highest BCUT2D eigenvalue weighted by molar-refractivity contribution is 6.01. The van der Waals surface area contributed by atoms with Gasteiger partial charge in [-0.1, -0.05) is 35.4 Å². The molecule has 0 radical (unpaired) electrons. The molecule has 1 aliphatic heterocycles. The van der Waals surface area contributed by atoms with Gasteiger partial charge in [-0.2, -0.15) is 0 Å². The van der Waals surface area contributed by atoms with Crippen LogP contribution in [0.15, 0.2) is 76.8 Å². The minimum absolute atomic E-state index is 0.0291. The van der Waals surface area contributed by atoms with Crippen LogP contribution in [0.2, 0.25) is 0 Å². The highest BCUT2D eigenvalue weighted by atomic mass is 19.1. The second kappa shape index (κ2) is 12.4. The monoisotopic (exact) mass is 535 g/mol. The molecule has 0 fully saturated rings. The minimum atomic E-state index is -1.48. The average molecular weight is 536 g/mol. The number of aliphatic imine (C=N–C) groups is 1. The second-order valence-electron chi connectivity index (χ2n) is 8.96. The van der Waals surface area contributed by atoms with Crippen LogP contribution in [0.3, 0.4) is 0 Å². The number of amides is 1. The largest absolute Gasteiger partial charge is 0.494 e. The van der Waals surface area contributed by atoms with Crippen molar-refractivity contribution in [2.45, 2.75) is 38.0 Å². The SMILES string of the molecule is C[C@H]1OC(c2ccc(OCCCO)cc2)=N[C@@]1(Cc1ccccc1N=[N+]=[N-])C(=O)NCc1ccc(F)cc1F. The van der Waals surface area contributed by atoms with Crippen molar-refractivity contribution >= 4 is 17.5 Å². The van der Waals surface area contributed by atoms with E-state index in [1.807, 2.05) is 0 Å². The summed E-state index contributed by atoms with van der Waals surface area (Å²) in [6, 6.07) is 16.9. The number of aliphatic hydroxyl groups is 1. The normalized spacial score (nSPS) is 18.1. The van der Waals surface area contributed by atoms with Crippen LogP contribution in [0.4, 0.5) is 14.5 Å². The molecule has 1 heterocycles. The Morgan fingerprint density at radius 3 is 2.67 bits per heavy atom. The summed E-state index contributed by atoms with van der Waals surface area (Å²) in [5.74, 6) is -1.19. The molecule has 0 unspecified atom stereocenters. The molecule has 3 aromatic rings. The zero-order valence-electron chi connectivity index (χ0n) is 21.2. The van der Waals surface area contributed by atoms with Crippen LogP contribution < -0.4 is 10.1 Å². The van der Waals surface area contributed by atoms with Gasteiger partial charge in [-0.05, 0) is 48.4 Å². The van der Waals surface area contributed by atoms with Crippen molar-refractivity contribution in [3.8, 4) is 5.75 Å². The summed E-state index contributed by atoms with van der Waals surface area (Å²) in [4.78, 5) is 21.4. The fourth-order valence-electron chi connectivity index (χ4n) is 4.23. The molecule has 0 spiro atoms. The second-order valence-corrected chi connectivity index (χ2v) is 8.96. The van der Waals surface area contributed by atoms with Crippen molar-refractivity contribution < 1.29 is 28.2 Å². The lowest BCUT2D eigenvalue weighted by molar-refractivity contribution is -0.128. The van der Waals surface area contributed by atoms with E-state index in [2.05, 4.69) is 15.3 Å². The Hall–Kier alpha value is -4.47. The predicted molar refractivity (Wildman–Crippen MR) is 141 cm³/mol. The summed E-state index contributed by atoms with van der Waals surface area (Å²) < 4.78 is 39.2. The molecular weight excluding hydrogens is 508 g/mol. The number of nitrogens with zero attached hydrogens (tertiary/aromatic N) is 4. The number of rotatable bonds is 11. The Labute approximate surface area is 223 Å². The maximum absolute atomic E-state index is 14.2. The van der Waals surface area contributed by atoms with Gasteiger partial charge in [0, 0.05) is 53.8 Å². The molecule has 11 heteroatoms. The van der Waals surface area contributed by atoms with Crippen molar-refractivity contribution in [2.75, 3.05) is 13.2 Å². The van der Waals surface area contributed by atoms with Crippen LogP contribution in [0.5, 0.6) is 5.75 Å². The molecule has 39 heavy (non-hydrogen) atoms.